The van der Waals surface area contributed by atoms with Gasteiger partial charge in [-0.05, 0) is 44.1 Å². The highest BCUT2D eigenvalue weighted by molar-refractivity contribution is 7.89. The quantitative estimate of drug-likeness (QED) is 0.889. The zero-order valence-electron chi connectivity index (χ0n) is 12.8. The van der Waals surface area contributed by atoms with Gasteiger partial charge in [0.05, 0.1) is 4.90 Å². The summed E-state index contributed by atoms with van der Waals surface area (Å²) >= 11 is 0. The van der Waals surface area contributed by atoms with Gasteiger partial charge in [0.15, 0.2) is 0 Å². The Labute approximate surface area is 127 Å². The third-order valence-corrected chi connectivity index (χ3v) is 6.38. The summed E-state index contributed by atoms with van der Waals surface area (Å²) in [6.45, 7) is 5.31. The number of benzene rings is 1. The van der Waals surface area contributed by atoms with Gasteiger partial charge in [-0.15, -0.1) is 0 Å². The predicted octanol–water partition coefficient (Wildman–Crippen LogP) is 1.25. The van der Waals surface area contributed by atoms with E-state index in [0.717, 1.165) is 32.5 Å². The lowest BCUT2D eigenvalue weighted by Crippen LogP contribution is -2.45. The van der Waals surface area contributed by atoms with Crippen molar-refractivity contribution in [3.8, 4) is 0 Å². The lowest BCUT2D eigenvalue weighted by molar-refractivity contribution is 0.176. The molecule has 2 rings (SSSR count). The molecule has 21 heavy (non-hydrogen) atoms. The van der Waals surface area contributed by atoms with Crippen molar-refractivity contribution in [1.29, 1.82) is 0 Å². The van der Waals surface area contributed by atoms with E-state index in [0.29, 0.717) is 10.5 Å². The Morgan fingerprint density at radius 1 is 1.29 bits per heavy atom. The first-order valence-corrected chi connectivity index (χ1v) is 8.93. The molecule has 2 N–H and O–H groups in total. The zero-order valence-corrected chi connectivity index (χ0v) is 13.6. The molecule has 0 amide bonds. The average molecular weight is 311 g/mol. The number of rotatable bonds is 5. The number of hydrogen-bond acceptors (Lipinski definition) is 4. The number of sulfonamides is 1. The number of nitrogens with two attached hydrogens (primary N) is 1. The second-order valence-electron chi connectivity index (χ2n) is 5.50. The molecule has 1 saturated heterocycles. The minimum atomic E-state index is -3.47. The van der Waals surface area contributed by atoms with Crippen molar-refractivity contribution in [2.24, 2.45) is 5.73 Å². The van der Waals surface area contributed by atoms with Gasteiger partial charge in [0.2, 0.25) is 10.0 Å². The standard InChI is InChI=1S/C15H25N3O2S/c1-3-18-10-8-14(9-11-18)17(2)21(19,20)15-7-5-4-6-13(15)12-16/h4-7,14H,3,8-12,16H2,1-2H3. The van der Waals surface area contributed by atoms with E-state index in [-0.39, 0.29) is 12.6 Å². The fourth-order valence-electron chi connectivity index (χ4n) is 2.87. The van der Waals surface area contributed by atoms with Crippen LogP contribution in [0.15, 0.2) is 29.2 Å². The Balaban J connectivity index is 2.19. The molecule has 1 fully saturated rings. The van der Waals surface area contributed by atoms with E-state index in [1.165, 1.54) is 4.31 Å². The van der Waals surface area contributed by atoms with Gasteiger partial charge in [0, 0.05) is 19.6 Å². The molecule has 0 aromatic heterocycles. The molecule has 1 heterocycles. The molecule has 118 valence electrons. The zero-order chi connectivity index (χ0) is 15.5. The maximum Gasteiger partial charge on any atom is 0.243 e. The van der Waals surface area contributed by atoms with Crippen LogP contribution in [0.25, 0.3) is 0 Å². The normalized spacial score (nSPS) is 18.3. The lowest BCUT2D eigenvalue weighted by Gasteiger charge is -2.35. The van der Waals surface area contributed by atoms with Gasteiger partial charge in [-0.3, -0.25) is 0 Å². The van der Waals surface area contributed by atoms with E-state index in [4.69, 9.17) is 5.73 Å². The second kappa shape index (κ2) is 6.87. The molecule has 0 radical (unpaired) electrons. The fraction of sp³-hybridized carbons (Fsp3) is 0.600. The van der Waals surface area contributed by atoms with Gasteiger partial charge in [-0.2, -0.15) is 4.31 Å². The Morgan fingerprint density at radius 3 is 2.48 bits per heavy atom. The van der Waals surface area contributed by atoms with E-state index in [9.17, 15) is 8.42 Å². The Bertz CT molecular complexity index is 566. The van der Waals surface area contributed by atoms with Gasteiger partial charge in [-0.1, -0.05) is 25.1 Å². The number of hydrogen-bond donors (Lipinski definition) is 1. The summed E-state index contributed by atoms with van der Waals surface area (Å²) in [7, 11) is -1.78. The first-order valence-electron chi connectivity index (χ1n) is 7.49. The maximum atomic E-state index is 12.8. The van der Waals surface area contributed by atoms with Crippen LogP contribution < -0.4 is 5.73 Å². The van der Waals surface area contributed by atoms with Gasteiger partial charge >= 0.3 is 0 Å². The molecule has 1 aromatic carbocycles. The summed E-state index contributed by atoms with van der Waals surface area (Å²) in [4.78, 5) is 2.69. The summed E-state index contributed by atoms with van der Waals surface area (Å²) in [5.41, 5.74) is 6.35. The van der Waals surface area contributed by atoms with Crippen LogP contribution in [0.1, 0.15) is 25.3 Å². The van der Waals surface area contributed by atoms with Gasteiger partial charge in [0.25, 0.3) is 0 Å². The molecule has 5 nitrogen and oxygen atoms in total. The Kier molecular flexibility index (Phi) is 5.37. The third-order valence-electron chi connectivity index (χ3n) is 4.37. The molecule has 0 atom stereocenters. The van der Waals surface area contributed by atoms with Gasteiger partial charge < -0.3 is 10.6 Å². The van der Waals surface area contributed by atoms with Crippen molar-refractivity contribution in [3.63, 3.8) is 0 Å². The lowest BCUT2D eigenvalue weighted by atomic mass is 10.1. The molecule has 1 aliphatic heterocycles. The SMILES string of the molecule is CCN1CCC(N(C)S(=O)(=O)c2ccccc2CN)CC1. The molecule has 0 saturated carbocycles. The highest BCUT2D eigenvalue weighted by Crippen LogP contribution is 2.24. The minimum Gasteiger partial charge on any atom is -0.326 e. The summed E-state index contributed by atoms with van der Waals surface area (Å²) in [6.07, 6.45) is 1.77. The van der Waals surface area contributed by atoms with Gasteiger partial charge in [-0.25, -0.2) is 8.42 Å². The number of nitrogens with zero attached hydrogens (tertiary/aromatic N) is 2. The van der Waals surface area contributed by atoms with Crippen LogP contribution in [0.4, 0.5) is 0 Å². The second-order valence-corrected chi connectivity index (χ2v) is 7.46. The summed E-state index contributed by atoms with van der Waals surface area (Å²) in [5, 5.41) is 0. The molecule has 0 aliphatic carbocycles. The van der Waals surface area contributed by atoms with E-state index >= 15 is 0 Å². The minimum absolute atomic E-state index is 0.0728. The van der Waals surface area contributed by atoms with Crippen molar-refractivity contribution >= 4 is 10.0 Å². The molecular weight excluding hydrogens is 286 g/mol. The largest absolute Gasteiger partial charge is 0.326 e. The topological polar surface area (TPSA) is 66.6 Å². The van der Waals surface area contributed by atoms with Crippen molar-refractivity contribution < 1.29 is 8.42 Å². The van der Waals surface area contributed by atoms with Gasteiger partial charge in [0.1, 0.15) is 0 Å². The van der Waals surface area contributed by atoms with E-state index < -0.39 is 10.0 Å². The molecule has 0 spiro atoms. The number of likely N-dealkylation sites (tertiary alicyclic amines) is 1. The predicted molar refractivity (Wildman–Crippen MR) is 84.4 cm³/mol. The van der Waals surface area contributed by atoms with Crippen LogP contribution in [-0.4, -0.2) is 50.3 Å². The summed E-state index contributed by atoms with van der Waals surface area (Å²) < 4.78 is 27.2. The molecule has 1 aliphatic rings. The van der Waals surface area contributed by atoms with Crippen LogP contribution >= 0.6 is 0 Å². The summed E-state index contributed by atoms with van der Waals surface area (Å²) in [6, 6.07) is 7.07. The monoisotopic (exact) mass is 311 g/mol. The highest BCUT2D eigenvalue weighted by atomic mass is 32.2. The van der Waals surface area contributed by atoms with E-state index in [2.05, 4.69) is 11.8 Å². The maximum absolute atomic E-state index is 12.8. The molecule has 6 heteroatoms. The fourth-order valence-corrected chi connectivity index (χ4v) is 4.52. The Hall–Kier alpha value is -0.950. The Morgan fingerprint density at radius 2 is 1.90 bits per heavy atom. The van der Waals surface area contributed by atoms with Crippen molar-refractivity contribution in [2.75, 3.05) is 26.7 Å². The van der Waals surface area contributed by atoms with Crippen molar-refractivity contribution in [1.82, 2.24) is 9.21 Å². The molecular formula is C15H25N3O2S. The van der Waals surface area contributed by atoms with E-state index in [1.807, 2.05) is 6.07 Å². The highest BCUT2D eigenvalue weighted by Gasteiger charge is 2.31. The first-order chi connectivity index (χ1) is 10.0. The van der Waals surface area contributed by atoms with Crippen LogP contribution in [-0.2, 0) is 16.6 Å². The molecule has 0 unspecified atom stereocenters. The van der Waals surface area contributed by atoms with Crippen LogP contribution in [0.5, 0.6) is 0 Å². The van der Waals surface area contributed by atoms with Crippen LogP contribution in [0.2, 0.25) is 0 Å². The van der Waals surface area contributed by atoms with Crippen LogP contribution in [0.3, 0.4) is 0 Å². The van der Waals surface area contributed by atoms with Crippen molar-refractivity contribution in [3.05, 3.63) is 29.8 Å². The average Bonchev–Trinajstić information content (AvgIpc) is 2.54. The summed E-state index contributed by atoms with van der Waals surface area (Å²) in [5.74, 6) is 0. The first kappa shape index (κ1) is 16.4. The number of piperidine rings is 1. The molecule has 1 aromatic rings. The van der Waals surface area contributed by atoms with Crippen molar-refractivity contribution in [2.45, 2.75) is 37.2 Å². The van der Waals surface area contributed by atoms with Crippen LogP contribution in [0, 0.1) is 0 Å². The smallest absolute Gasteiger partial charge is 0.243 e. The van der Waals surface area contributed by atoms with E-state index in [1.54, 1.807) is 25.2 Å². The molecule has 0 bridgehead atoms. The third kappa shape index (κ3) is 3.45.